The van der Waals surface area contributed by atoms with Gasteiger partial charge in [0.05, 0.1) is 18.8 Å². The number of urea groups is 1. The zero-order chi connectivity index (χ0) is 16.4. The van der Waals surface area contributed by atoms with E-state index >= 15 is 0 Å². The number of carbonyl (C=O) groups excluding carboxylic acids is 1. The van der Waals surface area contributed by atoms with E-state index in [0.717, 1.165) is 6.42 Å². The minimum Gasteiger partial charge on any atom is -0.467 e. The normalized spacial score (nSPS) is 20.8. The Morgan fingerprint density at radius 1 is 1.43 bits per heavy atom. The Balaban J connectivity index is 1.59. The smallest absolute Gasteiger partial charge is 0.315 e. The second-order valence-corrected chi connectivity index (χ2v) is 6.25. The van der Waals surface area contributed by atoms with Crippen molar-refractivity contribution in [3.8, 4) is 0 Å². The molecule has 0 saturated carbocycles. The molecule has 0 fully saturated rings. The standard InChI is InChI=1S/C18H22N2O3/c1-11-5-6-13-9-12(2)17(14(13)8-11)20-18(22)19-10-15(21)16-4-3-7-23-16/h3-8,12,15,17,21H,9-10H2,1-2H3,(H2,19,20,22). The monoisotopic (exact) mass is 314 g/mol. The van der Waals surface area contributed by atoms with Crippen LogP contribution in [0.2, 0.25) is 0 Å². The SMILES string of the molecule is Cc1ccc2c(c1)C(NC(=O)NCC(O)c1ccco1)C(C)C2. The van der Waals surface area contributed by atoms with Crippen LogP contribution in [0.5, 0.6) is 0 Å². The number of fused-ring (bicyclic) bond motifs is 1. The summed E-state index contributed by atoms with van der Waals surface area (Å²) in [5.41, 5.74) is 3.68. The van der Waals surface area contributed by atoms with Gasteiger partial charge in [-0.2, -0.15) is 0 Å². The molecule has 1 aromatic carbocycles. The summed E-state index contributed by atoms with van der Waals surface area (Å²) < 4.78 is 5.12. The molecule has 0 spiro atoms. The zero-order valence-electron chi connectivity index (χ0n) is 13.4. The number of amides is 2. The number of furan rings is 1. The quantitative estimate of drug-likeness (QED) is 0.812. The highest BCUT2D eigenvalue weighted by Gasteiger charge is 2.30. The minimum absolute atomic E-state index is 0.00524. The largest absolute Gasteiger partial charge is 0.467 e. The fourth-order valence-corrected chi connectivity index (χ4v) is 3.14. The van der Waals surface area contributed by atoms with Gasteiger partial charge in [0.25, 0.3) is 0 Å². The maximum atomic E-state index is 12.1. The number of aryl methyl sites for hydroxylation is 1. The lowest BCUT2D eigenvalue weighted by atomic mass is 10.0. The molecule has 2 aromatic rings. The number of rotatable bonds is 4. The van der Waals surface area contributed by atoms with Crippen molar-refractivity contribution in [3.05, 3.63) is 59.0 Å². The Morgan fingerprint density at radius 2 is 2.26 bits per heavy atom. The van der Waals surface area contributed by atoms with Crippen molar-refractivity contribution < 1.29 is 14.3 Å². The van der Waals surface area contributed by atoms with Gasteiger partial charge in [-0.25, -0.2) is 4.79 Å². The van der Waals surface area contributed by atoms with E-state index in [1.54, 1.807) is 12.1 Å². The molecule has 1 aliphatic carbocycles. The Kier molecular flexibility index (Phi) is 4.39. The first-order valence-electron chi connectivity index (χ1n) is 7.90. The molecular weight excluding hydrogens is 292 g/mol. The van der Waals surface area contributed by atoms with Crippen LogP contribution < -0.4 is 10.6 Å². The molecule has 0 saturated heterocycles. The van der Waals surface area contributed by atoms with Gasteiger partial charge in [-0.15, -0.1) is 0 Å². The molecule has 1 aliphatic rings. The van der Waals surface area contributed by atoms with Crippen molar-refractivity contribution >= 4 is 6.03 Å². The zero-order valence-corrected chi connectivity index (χ0v) is 13.4. The van der Waals surface area contributed by atoms with Crippen LogP contribution >= 0.6 is 0 Å². The number of carbonyl (C=O) groups is 1. The van der Waals surface area contributed by atoms with E-state index in [1.807, 2.05) is 0 Å². The summed E-state index contributed by atoms with van der Waals surface area (Å²) in [6, 6.07) is 9.50. The molecule has 0 aliphatic heterocycles. The molecule has 1 aromatic heterocycles. The van der Waals surface area contributed by atoms with E-state index in [0.29, 0.717) is 11.7 Å². The highest BCUT2D eigenvalue weighted by atomic mass is 16.4. The summed E-state index contributed by atoms with van der Waals surface area (Å²) in [6.07, 6.45) is 1.62. The van der Waals surface area contributed by atoms with E-state index in [9.17, 15) is 9.90 Å². The lowest BCUT2D eigenvalue weighted by molar-refractivity contribution is 0.147. The third-order valence-corrected chi connectivity index (χ3v) is 4.36. The van der Waals surface area contributed by atoms with Crippen LogP contribution in [0.15, 0.2) is 41.0 Å². The van der Waals surface area contributed by atoms with Crippen molar-refractivity contribution in [2.75, 3.05) is 6.54 Å². The predicted molar refractivity (Wildman–Crippen MR) is 87.0 cm³/mol. The van der Waals surface area contributed by atoms with Crippen LogP contribution in [0, 0.1) is 12.8 Å². The lowest BCUT2D eigenvalue weighted by Gasteiger charge is -2.20. The number of aliphatic hydroxyl groups is 1. The summed E-state index contributed by atoms with van der Waals surface area (Å²) >= 11 is 0. The van der Waals surface area contributed by atoms with Gasteiger partial charge in [-0.05, 0) is 42.5 Å². The number of nitrogens with one attached hydrogen (secondary N) is 2. The molecule has 1 heterocycles. The highest BCUT2D eigenvalue weighted by molar-refractivity contribution is 5.74. The fourth-order valence-electron chi connectivity index (χ4n) is 3.14. The van der Waals surface area contributed by atoms with Gasteiger partial charge in [0.2, 0.25) is 0 Å². The van der Waals surface area contributed by atoms with Gasteiger partial charge in [0.1, 0.15) is 11.9 Å². The Bertz CT molecular complexity index is 682. The van der Waals surface area contributed by atoms with Gasteiger partial charge in [-0.1, -0.05) is 30.7 Å². The second kappa shape index (κ2) is 6.46. The second-order valence-electron chi connectivity index (χ2n) is 6.25. The Morgan fingerprint density at radius 3 is 3.00 bits per heavy atom. The van der Waals surface area contributed by atoms with Gasteiger partial charge in [0, 0.05) is 0 Å². The molecule has 0 radical (unpaired) electrons. The molecule has 2 amide bonds. The molecule has 122 valence electrons. The molecular formula is C18H22N2O3. The van der Waals surface area contributed by atoms with E-state index in [-0.39, 0.29) is 18.6 Å². The maximum Gasteiger partial charge on any atom is 0.315 e. The first-order chi connectivity index (χ1) is 11.0. The van der Waals surface area contributed by atoms with Crippen LogP contribution in [-0.4, -0.2) is 17.7 Å². The molecule has 3 rings (SSSR count). The van der Waals surface area contributed by atoms with Crippen LogP contribution in [0.4, 0.5) is 4.79 Å². The maximum absolute atomic E-state index is 12.1. The summed E-state index contributed by atoms with van der Waals surface area (Å²) in [7, 11) is 0. The van der Waals surface area contributed by atoms with Crippen molar-refractivity contribution in [2.45, 2.75) is 32.4 Å². The van der Waals surface area contributed by atoms with Crippen molar-refractivity contribution in [3.63, 3.8) is 0 Å². The van der Waals surface area contributed by atoms with Crippen molar-refractivity contribution in [1.29, 1.82) is 0 Å². The first kappa shape index (κ1) is 15.6. The van der Waals surface area contributed by atoms with Crippen LogP contribution in [0.25, 0.3) is 0 Å². The molecule has 3 atom stereocenters. The lowest BCUT2D eigenvalue weighted by Crippen LogP contribution is -2.40. The fraction of sp³-hybridized carbons (Fsp3) is 0.389. The summed E-state index contributed by atoms with van der Waals surface area (Å²) in [6.45, 7) is 4.30. The van der Waals surface area contributed by atoms with E-state index in [1.165, 1.54) is 23.0 Å². The third-order valence-electron chi connectivity index (χ3n) is 4.36. The molecule has 3 unspecified atom stereocenters. The summed E-state index contributed by atoms with van der Waals surface area (Å²) in [4.78, 5) is 12.1. The van der Waals surface area contributed by atoms with Crippen molar-refractivity contribution in [1.82, 2.24) is 10.6 Å². The average molecular weight is 314 g/mol. The predicted octanol–water partition coefficient (Wildman–Crippen LogP) is 2.85. The number of benzene rings is 1. The average Bonchev–Trinajstić information content (AvgIpc) is 3.15. The molecule has 23 heavy (non-hydrogen) atoms. The van der Waals surface area contributed by atoms with E-state index in [4.69, 9.17) is 4.42 Å². The number of aliphatic hydroxyl groups excluding tert-OH is 1. The molecule has 0 bridgehead atoms. The van der Waals surface area contributed by atoms with Gasteiger partial charge < -0.3 is 20.2 Å². The molecule has 5 nitrogen and oxygen atoms in total. The van der Waals surface area contributed by atoms with E-state index in [2.05, 4.69) is 42.7 Å². The molecule has 5 heteroatoms. The van der Waals surface area contributed by atoms with Crippen LogP contribution in [0.1, 0.15) is 41.5 Å². The number of hydrogen-bond donors (Lipinski definition) is 3. The molecule has 3 N–H and O–H groups in total. The highest BCUT2D eigenvalue weighted by Crippen LogP contribution is 2.36. The summed E-state index contributed by atoms with van der Waals surface area (Å²) in [5, 5.41) is 15.7. The Labute approximate surface area is 135 Å². The van der Waals surface area contributed by atoms with Crippen molar-refractivity contribution in [2.24, 2.45) is 5.92 Å². The number of hydrogen-bond acceptors (Lipinski definition) is 3. The van der Waals surface area contributed by atoms with Gasteiger partial charge >= 0.3 is 6.03 Å². The van der Waals surface area contributed by atoms with E-state index < -0.39 is 6.10 Å². The first-order valence-corrected chi connectivity index (χ1v) is 7.90. The van der Waals surface area contributed by atoms with Crippen LogP contribution in [0.3, 0.4) is 0 Å². The van der Waals surface area contributed by atoms with Crippen LogP contribution in [-0.2, 0) is 6.42 Å². The topological polar surface area (TPSA) is 74.5 Å². The van der Waals surface area contributed by atoms with Gasteiger partial charge in [0.15, 0.2) is 0 Å². The Hall–Kier alpha value is -2.27. The minimum atomic E-state index is -0.841. The summed E-state index contributed by atoms with van der Waals surface area (Å²) in [5.74, 6) is 0.799. The van der Waals surface area contributed by atoms with Gasteiger partial charge in [-0.3, -0.25) is 0 Å². The third kappa shape index (κ3) is 3.40.